The Morgan fingerprint density at radius 2 is 1.70 bits per heavy atom. The highest BCUT2D eigenvalue weighted by atomic mass is 16.2. The van der Waals surface area contributed by atoms with Crippen molar-refractivity contribution in [2.45, 2.75) is 38.8 Å². The maximum atomic E-state index is 12.8. The maximum absolute atomic E-state index is 12.8. The standard InChI is InChI=1S/C20H24N2O/c1-14-8-12-18(13-9-14)22-20(23)19(17-6-4-3-5-7-17)21-15(2)16-10-11-16/h3-9,12-13,15-16,19,21H,10-11H2,1-2H3,(H,22,23). The quantitative estimate of drug-likeness (QED) is 0.845. The fraction of sp³-hybridized carbons (Fsp3) is 0.350. The summed E-state index contributed by atoms with van der Waals surface area (Å²) in [5, 5.41) is 6.55. The second-order valence-electron chi connectivity index (χ2n) is 6.49. The molecular formula is C20H24N2O. The molecule has 0 aromatic heterocycles. The van der Waals surface area contributed by atoms with Gasteiger partial charge < -0.3 is 5.32 Å². The van der Waals surface area contributed by atoms with Crippen molar-refractivity contribution in [3.8, 4) is 0 Å². The van der Waals surface area contributed by atoms with Gasteiger partial charge in [0.05, 0.1) is 0 Å². The summed E-state index contributed by atoms with van der Waals surface area (Å²) in [5.74, 6) is 0.695. The van der Waals surface area contributed by atoms with Gasteiger partial charge in [0.15, 0.2) is 0 Å². The van der Waals surface area contributed by atoms with Crippen LogP contribution in [0.3, 0.4) is 0 Å². The Morgan fingerprint density at radius 3 is 2.30 bits per heavy atom. The average Bonchev–Trinajstić information content (AvgIpc) is 3.40. The molecule has 1 aliphatic carbocycles. The monoisotopic (exact) mass is 308 g/mol. The lowest BCUT2D eigenvalue weighted by Gasteiger charge is -2.23. The second kappa shape index (κ2) is 6.97. The van der Waals surface area contributed by atoms with Gasteiger partial charge in [-0.15, -0.1) is 0 Å². The SMILES string of the molecule is Cc1ccc(NC(=O)C(NC(C)C2CC2)c2ccccc2)cc1. The number of carbonyl (C=O) groups is 1. The molecule has 0 radical (unpaired) electrons. The first-order valence-electron chi connectivity index (χ1n) is 8.32. The van der Waals surface area contributed by atoms with Crippen molar-refractivity contribution in [2.24, 2.45) is 5.92 Å². The van der Waals surface area contributed by atoms with Crippen LogP contribution in [0.2, 0.25) is 0 Å². The Morgan fingerprint density at radius 1 is 1.04 bits per heavy atom. The maximum Gasteiger partial charge on any atom is 0.246 e. The minimum Gasteiger partial charge on any atom is -0.324 e. The lowest BCUT2D eigenvalue weighted by Crippen LogP contribution is -2.39. The molecule has 2 atom stereocenters. The van der Waals surface area contributed by atoms with Gasteiger partial charge in [-0.1, -0.05) is 48.0 Å². The number of carbonyl (C=O) groups excluding carboxylic acids is 1. The van der Waals surface area contributed by atoms with E-state index in [9.17, 15) is 4.79 Å². The topological polar surface area (TPSA) is 41.1 Å². The van der Waals surface area contributed by atoms with Crippen molar-refractivity contribution < 1.29 is 4.79 Å². The van der Waals surface area contributed by atoms with Gasteiger partial charge in [0, 0.05) is 11.7 Å². The summed E-state index contributed by atoms with van der Waals surface area (Å²) in [6.45, 7) is 4.21. The van der Waals surface area contributed by atoms with Gasteiger partial charge in [0.25, 0.3) is 0 Å². The summed E-state index contributed by atoms with van der Waals surface area (Å²) < 4.78 is 0. The summed E-state index contributed by atoms with van der Waals surface area (Å²) in [6.07, 6.45) is 2.52. The van der Waals surface area contributed by atoms with Gasteiger partial charge in [-0.05, 0) is 50.3 Å². The van der Waals surface area contributed by atoms with Crippen LogP contribution in [-0.2, 0) is 4.79 Å². The molecule has 2 aromatic carbocycles. The molecular weight excluding hydrogens is 284 g/mol. The van der Waals surface area contributed by atoms with Gasteiger partial charge in [-0.3, -0.25) is 10.1 Å². The predicted octanol–water partition coefficient (Wildman–Crippen LogP) is 4.06. The zero-order valence-corrected chi connectivity index (χ0v) is 13.8. The lowest BCUT2D eigenvalue weighted by molar-refractivity contribution is -0.118. The van der Waals surface area contributed by atoms with Gasteiger partial charge in [-0.25, -0.2) is 0 Å². The smallest absolute Gasteiger partial charge is 0.246 e. The highest BCUT2D eigenvalue weighted by Gasteiger charge is 2.31. The molecule has 0 saturated heterocycles. The van der Waals surface area contributed by atoms with Crippen LogP contribution in [0.5, 0.6) is 0 Å². The van der Waals surface area contributed by atoms with E-state index in [2.05, 4.69) is 17.6 Å². The van der Waals surface area contributed by atoms with Crippen molar-refractivity contribution in [2.75, 3.05) is 5.32 Å². The molecule has 3 rings (SSSR count). The van der Waals surface area contributed by atoms with E-state index in [1.165, 1.54) is 18.4 Å². The van der Waals surface area contributed by atoms with E-state index in [0.717, 1.165) is 11.3 Å². The molecule has 1 saturated carbocycles. The molecule has 23 heavy (non-hydrogen) atoms. The third-order valence-electron chi connectivity index (χ3n) is 4.47. The first-order valence-corrected chi connectivity index (χ1v) is 8.32. The van der Waals surface area contributed by atoms with Crippen molar-refractivity contribution >= 4 is 11.6 Å². The third-order valence-corrected chi connectivity index (χ3v) is 4.47. The molecule has 2 N–H and O–H groups in total. The number of hydrogen-bond acceptors (Lipinski definition) is 2. The summed E-state index contributed by atoms with van der Waals surface area (Å²) in [7, 11) is 0. The van der Waals surface area contributed by atoms with Crippen LogP contribution >= 0.6 is 0 Å². The van der Waals surface area contributed by atoms with Gasteiger partial charge in [0.1, 0.15) is 6.04 Å². The zero-order chi connectivity index (χ0) is 16.2. The summed E-state index contributed by atoms with van der Waals surface area (Å²) in [4.78, 5) is 12.8. The van der Waals surface area contributed by atoms with Crippen LogP contribution in [0, 0.1) is 12.8 Å². The van der Waals surface area contributed by atoms with Crippen LogP contribution in [0.25, 0.3) is 0 Å². The largest absolute Gasteiger partial charge is 0.324 e. The Kier molecular flexibility index (Phi) is 4.77. The van der Waals surface area contributed by atoms with E-state index in [0.29, 0.717) is 12.0 Å². The molecule has 2 aromatic rings. The van der Waals surface area contributed by atoms with E-state index in [-0.39, 0.29) is 11.9 Å². The Hall–Kier alpha value is -2.13. The first-order chi connectivity index (χ1) is 11.1. The van der Waals surface area contributed by atoms with E-state index in [1.807, 2.05) is 61.5 Å². The highest BCUT2D eigenvalue weighted by Crippen LogP contribution is 2.33. The van der Waals surface area contributed by atoms with E-state index in [1.54, 1.807) is 0 Å². The Labute approximate surface area is 138 Å². The second-order valence-corrected chi connectivity index (χ2v) is 6.49. The van der Waals surface area contributed by atoms with Gasteiger partial charge in [0.2, 0.25) is 5.91 Å². The minimum atomic E-state index is -0.326. The summed E-state index contributed by atoms with van der Waals surface area (Å²) in [5.41, 5.74) is 3.02. The van der Waals surface area contributed by atoms with Crippen LogP contribution in [0.15, 0.2) is 54.6 Å². The number of rotatable bonds is 6. The highest BCUT2D eigenvalue weighted by molar-refractivity contribution is 5.95. The average molecular weight is 308 g/mol. The lowest BCUT2D eigenvalue weighted by atomic mass is 10.0. The molecule has 1 fully saturated rings. The Balaban J connectivity index is 1.76. The fourth-order valence-corrected chi connectivity index (χ4v) is 2.82. The predicted molar refractivity (Wildman–Crippen MR) is 94.3 cm³/mol. The molecule has 2 unspecified atom stereocenters. The molecule has 1 aliphatic rings. The number of amides is 1. The van der Waals surface area contributed by atoms with Crippen LogP contribution in [-0.4, -0.2) is 11.9 Å². The van der Waals surface area contributed by atoms with Gasteiger partial charge in [-0.2, -0.15) is 0 Å². The number of benzene rings is 2. The molecule has 0 heterocycles. The first kappa shape index (κ1) is 15.8. The van der Waals surface area contributed by atoms with Crippen LogP contribution in [0.1, 0.15) is 36.9 Å². The fourth-order valence-electron chi connectivity index (χ4n) is 2.82. The molecule has 0 bridgehead atoms. The van der Waals surface area contributed by atoms with Crippen molar-refractivity contribution in [1.29, 1.82) is 0 Å². The van der Waals surface area contributed by atoms with E-state index < -0.39 is 0 Å². The summed E-state index contributed by atoms with van der Waals surface area (Å²) in [6, 6.07) is 17.9. The molecule has 0 spiro atoms. The number of aryl methyl sites for hydroxylation is 1. The zero-order valence-electron chi connectivity index (χ0n) is 13.8. The van der Waals surface area contributed by atoms with E-state index in [4.69, 9.17) is 0 Å². The molecule has 120 valence electrons. The molecule has 0 aliphatic heterocycles. The van der Waals surface area contributed by atoms with Crippen molar-refractivity contribution in [1.82, 2.24) is 5.32 Å². The number of nitrogens with one attached hydrogen (secondary N) is 2. The molecule has 3 nitrogen and oxygen atoms in total. The molecule has 3 heteroatoms. The van der Waals surface area contributed by atoms with E-state index >= 15 is 0 Å². The van der Waals surface area contributed by atoms with Crippen molar-refractivity contribution in [3.63, 3.8) is 0 Å². The molecule has 1 amide bonds. The third kappa shape index (κ3) is 4.20. The summed E-state index contributed by atoms with van der Waals surface area (Å²) >= 11 is 0. The van der Waals surface area contributed by atoms with Crippen LogP contribution < -0.4 is 10.6 Å². The van der Waals surface area contributed by atoms with Crippen LogP contribution in [0.4, 0.5) is 5.69 Å². The normalized spacial score (nSPS) is 16.6. The van der Waals surface area contributed by atoms with Gasteiger partial charge >= 0.3 is 0 Å². The number of anilines is 1. The Bertz CT molecular complexity index is 647. The number of hydrogen-bond donors (Lipinski definition) is 2. The van der Waals surface area contributed by atoms with Crippen molar-refractivity contribution in [3.05, 3.63) is 65.7 Å². The minimum absolute atomic E-state index is 0.00690.